The van der Waals surface area contributed by atoms with E-state index in [1.807, 2.05) is 60.7 Å². The van der Waals surface area contributed by atoms with E-state index < -0.39 is 62.6 Å². The lowest BCUT2D eigenvalue weighted by Crippen LogP contribution is -2.29. The van der Waals surface area contributed by atoms with Crippen molar-refractivity contribution in [3.63, 3.8) is 0 Å². The second kappa shape index (κ2) is 15.5. The fourth-order valence-corrected chi connectivity index (χ4v) is 12.1. The molecule has 71 heavy (non-hydrogen) atoms. The Kier molecular flexibility index (Phi) is 9.34. The zero-order chi connectivity index (χ0) is 48.5. The lowest BCUT2D eigenvalue weighted by atomic mass is 9.68. The van der Waals surface area contributed by atoms with Gasteiger partial charge in [-0.3, -0.25) is 0 Å². The highest BCUT2D eigenvalue weighted by Crippen LogP contribution is 2.67. The molecule has 1 atom stereocenters. The van der Waals surface area contributed by atoms with Crippen LogP contribution in [0.5, 0.6) is 0 Å². The van der Waals surface area contributed by atoms with Gasteiger partial charge in [-0.1, -0.05) is 147 Å². The maximum Gasteiger partial charge on any atom is 0.131 e. The molecule has 0 N–H and O–H groups in total. The van der Waals surface area contributed by atoms with Crippen molar-refractivity contribution in [1.29, 1.82) is 0 Å². The Balaban J connectivity index is 0.990. The summed E-state index contributed by atoms with van der Waals surface area (Å²) in [5.41, 5.74) is 7.70. The van der Waals surface area contributed by atoms with Gasteiger partial charge in [0.25, 0.3) is 0 Å². The molecule has 10 aromatic rings. The molecule has 13 rings (SSSR count). The highest BCUT2D eigenvalue weighted by Gasteiger charge is 2.58. The standard InChI is InChI=1S/C64H39F6N/c1-63(2)46-15-8-6-14-44(46)45-28-27-41(35-48(45)63)71(40-25-23-37(24-26-40)36-11-4-3-5-12-36)55-18-9-7-13-42(55)38-19-21-39(22-20-38)43-29-30-50(66)58-59-52(68)32-34-54(70)62(59)64(60(43)58)47-16-10-17-49(65)56(47)57-51(67)31-33-53(69)61(57)64/h3-35H,1-2H3. The number of fused-ring (bicyclic) bond motifs is 13. The molecule has 0 saturated carbocycles. The molecule has 0 aliphatic heterocycles. The number of para-hydroxylation sites is 1. The summed E-state index contributed by atoms with van der Waals surface area (Å²) in [4.78, 5) is 2.26. The SMILES string of the molecule is CC1(C)c2ccccc2-c2ccc(N(c3ccc(-c4ccccc4)cc3)c3ccccc3-c3ccc(-c4ccc(F)c5c4C4(c6cccc(F)c6-c6c(F)ccc(F)c64)c4c(F)ccc(F)c4-5)cc3)cc21. The Morgan fingerprint density at radius 2 is 0.775 bits per heavy atom. The van der Waals surface area contributed by atoms with Crippen LogP contribution in [0.1, 0.15) is 47.2 Å². The molecule has 3 aliphatic rings. The predicted molar refractivity (Wildman–Crippen MR) is 271 cm³/mol. The first-order valence-electron chi connectivity index (χ1n) is 23.5. The third-order valence-corrected chi connectivity index (χ3v) is 15.1. The highest BCUT2D eigenvalue weighted by molar-refractivity contribution is 6.00. The Morgan fingerprint density at radius 1 is 0.310 bits per heavy atom. The van der Waals surface area contributed by atoms with Crippen LogP contribution < -0.4 is 4.90 Å². The number of hydrogen-bond donors (Lipinski definition) is 0. The number of hydrogen-bond acceptors (Lipinski definition) is 1. The topological polar surface area (TPSA) is 3.24 Å². The molecular formula is C64H39F6N. The van der Waals surface area contributed by atoms with Crippen LogP contribution in [0.3, 0.4) is 0 Å². The fraction of sp³-hybridized carbons (Fsp3) is 0.0625. The first kappa shape index (κ1) is 42.7. The first-order chi connectivity index (χ1) is 34.5. The summed E-state index contributed by atoms with van der Waals surface area (Å²) in [7, 11) is 0. The van der Waals surface area contributed by atoms with E-state index in [-0.39, 0.29) is 27.7 Å². The molecule has 0 radical (unpaired) electrons. The second-order valence-electron chi connectivity index (χ2n) is 19.1. The third kappa shape index (κ3) is 5.96. The van der Waals surface area contributed by atoms with E-state index in [0.717, 1.165) is 69.6 Å². The minimum Gasteiger partial charge on any atom is -0.310 e. The van der Waals surface area contributed by atoms with Gasteiger partial charge < -0.3 is 4.90 Å². The van der Waals surface area contributed by atoms with Crippen molar-refractivity contribution in [1.82, 2.24) is 0 Å². The highest BCUT2D eigenvalue weighted by atomic mass is 19.1. The summed E-state index contributed by atoms with van der Waals surface area (Å²) in [6, 6.07) is 59.7. The van der Waals surface area contributed by atoms with Crippen molar-refractivity contribution in [2.75, 3.05) is 4.90 Å². The molecule has 1 nitrogen and oxygen atoms in total. The van der Waals surface area contributed by atoms with Crippen LogP contribution in [0.25, 0.3) is 66.8 Å². The van der Waals surface area contributed by atoms with Gasteiger partial charge in [0.1, 0.15) is 34.9 Å². The zero-order valence-corrected chi connectivity index (χ0v) is 38.3. The largest absolute Gasteiger partial charge is 0.310 e. The number of rotatable bonds is 6. The summed E-state index contributed by atoms with van der Waals surface area (Å²) in [6.45, 7) is 4.52. The summed E-state index contributed by atoms with van der Waals surface area (Å²) in [5, 5.41) is 0. The molecule has 0 fully saturated rings. The number of benzene rings is 10. The lowest BCUT2D eigenvalue weighted by Gasteiger charge is -2.32. The van der Waals surface area contributed by atoms with Crippen molar-refractivity contribution < 1.29 is 26.3 Å². The Hall–Kier alpha value is -8.42. The van der Waals surface area contributed by atoms with E-state index in [2.05, 4.69) is 104 Å². The van der Waals surface area contributed by atoms with Crippen LogP contribution in [0.2, 0.25) is 0 Å². The molecule has 0 bridgehead atoms. The summed E-state index contributed by atoms with van der Waals surface area (Å²) >= 11 is 0. The number of halogens is 6. The smallest absolute Gasteiger partial charge is 0.131 e. The van der Waals surface area contributed by atoms with Crippen molar-refractivity contribution in [3.05, 3.63) is 268 Å². The molecule has 0 heterocycles. The van der Waals surface area contributed by atoms with Gasteiger partial charge in [-0.25, -0.2) is 26.3 Å². The molecule has 10 aromatic carbocycles. The summed E-state index contributed by atoms with van der Waals surface area (Å²) in [5.74, 6) is -5.63. The molecule has 0 aromatic heterocycles. The normalized spacial score (nSPS) is 15.2. The van der Waals surface area contributed by atoms with E-state index in [0.29, 0.717) is 11.1 Å². The monoisotopic (exact) mass is 935 g/mol. The third-order valence-electron chi connectivity index (χ3n) is 15.1. The molecule has 3 aliphatic carbocycles. The Morgan fingerprint density at radius 3 is 1.46 bits per heavy atom. The van der Waals surface area contributed by atoms with Gasteiger partial charge >= 0.3 is 0 Å². The number of nitrogens with zero attached hydrogens (tertiary/aromatic N) is 1. The maximum absolute atomic E-state index is 16.8. The lowest BCUT2D eigenvalue weighted by molar-refractivity contribution is 0.550. The minimum absolute atomic E-state index is 0.00782. The van der Waals surface area contributed by atoms with Gasteiger partial charge in [-0.05, 0) is 128 Å². The summed E-state index contributed by atoms with van der Waals surface area (Å²) in [6.07, 6.45) is 0. The molecule has 0 amide bonds. The van der Waals surface area contributed by atoms with Gasteiger partial charge in [-0.2, -0.15) is 0 Å². The van der Waals surface area contributed by atoms with E-state index in [4.69, 9.17) is 0 Å². The van der Waals surface area contributed by atoms with Crippen LogP contribution in [0, 0.1) is 34.9 Å². The van der Waals surface area contributed by atoms with Crippen LogP contribution >= 0.6 is 0 Å². The van der Waals surface area contributed by atoms with Crippen LogP contribution in [0.4, 0.5) is 43.4 Å². The maximum atomic E-state index is 16.8. The van der Waals surface area contributed by atoms with Gasteiger partial charge in [0.2, 0.25) is 0 Å². The average molecular weight is 936 g/mol. The van der Waals surface area contributed by atoms with Crippen molar-refractivity contribution in [3.8, 4) is 66.8 Å². The van der Waals surface area contributed by atoms with E-state index in [1.54, 1.807) is 0 Å². The first-order valence-corrected chi connectivity index (χ1v) is 23.5. The molecule has 7 heteroatoms. The predicted octanol–water partition coefficient (Wildman–Crippen LogP) is 17.6. The van der Waals surface area contributed by atoms with Crippen molar-refractivity contribution >= 4 is 17.1 Å². The Labute approximate surface area is 406 Å². The van der Waals surface area contributed by atoms with Crippen molar-refractivity contribution in [2.45, 2.75) is 24.7 Å². The minimum atomic E-state index is -2.18. The average Bonchev–Trinajstić information content (AvgIpc) is 3.99. The fourth-order valence-electron chi connectivity index (χ4n) is 12.1. The second-order valence-corrected chi connectivity index (χ2v) is 19.1. The summed E-state index contributed by atoms with van der Waals surface area (Å²) < 4.78 is 98.9. The quantitative estimate of drug-likeness (QED) is 0.150. The molecule has 342 valence electrons. The molecule has 0 saturated heterocycles. The van der Waals surface area contributed by atoms with E-state index >= 15 is 26.3 Å². The van der Waals surface area contributed by atoms with Gasteiger partial charge in [0.15, 0.2) is 0 Å². The van der Waals surface area contributed by atoms with Gasteiger partial charge in [0.05, 0.1) is 11.1 Å². The zero-order valence-electron chi connectivity index (χ0n) is 38.3. The number of anilines is 3. The van der Waals surface area contributed by atoms with Crippen LogP contribution in [0.15, 0.2) is 200 Å². The van der Waals surface area contributed by atoms with Crippen molar-refractivity contribution in [2.24, 2.45) is 0 Å². The van der Waals surface area contributed by atoms with Gasteiger partial charge in [-0.15, -0.1) is 0 Å². The van der Waals surface area contributed by atoms with E-state index in [9.17, 15) is 0 Å². The molecular weight excluding hydrogens is 897 g/mol. The Bertz CT molecular complexity index is 3840. The molecule has 1 unspecified atom stereocenters. The van der Waals surface area contributed by atoms with Gasteiger partial charge in [0, 0.05) is 55.7 Å². The van der Waals surface area contributed by atoms with Crippen LogP contribution in [-0.4, -0.2) is 0 Å². The van der Waals surface area contributed by atoms with E-state index in [1.165, 1.54) is 46.5 Å². The molecule has 1 spiro atoms. The van der Waals surface area contributed by atoms with Crippen LogP contribution in [-0.2, 0) is 10.8 Å².